The van der Waals surface area contributed by atoms with Crippen LogP contribution in [0.4, 0.5) is 0 Å². The second-order valence-corrected chi connectivity index (χ2v) is 14.6. The number of amides is 1. The van der Waals surface area contributed by atoms with Gasteiger partial charge >= 0.3 is 0 Å². The minimum Gasteiger partial charge on any atom is -0.511 e. The molecule has 1 fully saturated rings. The van der Waals surface area contributed by atoms with E-state index in [9.17, 15) is 15.0 Å². The molecule has 6 rings (SSSR count). The third kappa shape index (κ3) is 10.1. The van der Waals surface area contributed by atoms with E-state index in [0.29, 0.717) is 48.2 Å². The fourth-order valence-corrected chi connectivity index (χ4v) is 7.28. The molecule has 0 spiro atoms. The summed E-state index contributed by atoms with van der Waals surface area (Å²) in [7, 11) is 0. The number of aliphatic hydroxyl groups excluding tert-OH is 2. The molecule has 0 aliphatic carbocycles. The number of carbonyl (C=O) groups excluding carboxylic acids is 1. The van der Waals surface area contributed by atoms with E-state index in [4.69, 9.17) is 25.8 Å². The molecule has 1 saturated heterocycles. The Bertz CT molecular complexity index is 1940. The summed E-state index contributed by atoms with van der Waals surface area (Å²) in [6.07, 6.45) is 6.94. The number of hydrogen-bond acceptors (Lipinski definition) is 9. The summed E-state index contributed by atoms with van der Waals surface area (Å²) in [5.74, 6) is 1.76. The lowest BCUT2D eigenvalue weighted by Gasteiger charge is -2.21. The zero-order valence-corrected chi connectivity index (χ0v) is 32.0. The number of fused-ring (bicyclic) bond motifs is 3. The molecular formula is C43H51ClN4O6. The first-order valence-corrected chi connectivity index (χ1v) is 19.2. The Morgan fingerprint density at radius 1 is 1.04 bits per heavy atom. The van der Waals surface area contributed by atoms with Crippen molar-refractivity contribution in [1.82, 2.24) is 20.5 Å². The number of rotatable bonds is 10. The number of β-amino-alcohol motifs (C(OH)–C–C–N with tert-alkyl or cyclic N) is 1. The molecule has 1 amide bonds. The Morgan fingerprint density at radius 2 is 1.85 bits per heavy atom. The number of ether oxygens (including phenoxy) is 3. The molecule has 2 atom stereocenters. The number of pyridine rings is 1. The maximum absolute atomic E-state index is 12.8. The van der Waals surface area contributed by atoms with Gasteiger partial charge in [0, 0.05) is 62.3 Å². The van der Waals surface area contributed by atoms with Gasteiger partial charge in [-0.2, -0.15) is 0 Å². The van der Waals surface area contributed by atoms with E-state index >= 15 is 0 Å². The summed E-state index contributed by atoms with van der Waals surface area (Å²) < 4.78 is 19.0. The van der Waals surface area contributed by atoms with Crippen molar-refractivity contribution in [2.45, 2.75) is 77.9 Å². The maximum Gasteiger partial charge on any atom is 0.252 e. The molecule has 1 aromatic heterocycles. The van der Waals surface area contributed by atoms with Crippen LogP contribution in [0.15, 0.2) is 79.3 Å². The van der Waals surface area contributed by atoms with E-state index in [1.54, 1.807) is 24.5 Å². The first-order valence-electron chi connectivity index (χ1n) is 18.8. The lowest BCUT2D eigenvalue weighted by molar-refractivity contribution is 0.0952. The Balaban J connectivity index is 1.18. The number of aromatic nitrogens is 1. The van der Waals surface area contributed by atoms with Gasteiger partial charge in [0.1, 0.15) is 36.2 Å². The summed E-state index contributed by atoms with van der Waals surface area (Å²) in [4.78, 5) is 19.3. The normalized spacial score (nSPS) is 18.3. The van der Waals surface area contributed by atoms with Gasteiger partial charge in [0.25, 0.3) is 5.91 Å². The lowest BCUT2D eigenvalue weighted by Crippen LogP contribution is -2.31. The highest BCUT2D eigenvalue weighted by atomic mass is 35.5. The van der Waals surface area contributed by atoms with Gasteiger partial charge in [-0.1, -0.05) is 48.5 Å². The number of carbonyl (C=O) groups is 1. The van der Waals surface area contributed by atoms with Gasteiger partial charge < -0.3 is 40.0 Å². The maximum atomic E-state index is 12.8. The number of nitrogens with zero attached hydrogens (tertiary/aromatic N) is 2. The average Bonchev–Trinajstić information content (AvgIpc) is 3.58. The van der Waals surface area contributed by atoms with Crippen molar-refractivity contribution in [3.05, 3.63) is 118 Å². The zero-order valence-electron chi connectivity index (χ0n) is 31.2. The van der Waals surface area contributed by atoms with Crippen molar-refractivity contribution in [3.8, 4) is 28.4 Å². The first-order chi connectivity index (χ1) is 26.2. The monoisotopic (exact) mass is 754 g/mol. The molecule has 54 heavy (non-hydrogen) atoms. The smallest absolute Gasteiger partial charge is 0.252 e. The molecule has 2 bridgehead atoms. The largest absolute Gasteiger partial charge is 0.511 e. The Hall–Kier alpha value is -4.61. The quantitative estimate of drug-likeness (QED) is 0.0965. The molecule has 2 aliphatic heterocycles. The van der Waals surface area contributed by atoms with Crippen LogP contribution in [0.2, 0.25) is 5.02 Å². The summed E-state index contributed by atoms with van der Waals surface area (Å²) in [5, 5.41) is 26.9. The van der Waals surface area contributed by atoms with Crippen LogP contribution in [0.25, 0.3) is 11.1 Å². The molecule has 2 aliphatic rings. The summed E-state index contributed by atoms with van der Waals surface area (Å²) in [6.45, 7) is 12.5. The SMILES string of the molecule is C=C(O)[C@@H]1CCCCNC(=O)c2cncc(c2)COc2cc(OCc3cccc(-c4cccc(OCCCN5CC[C@@H](O)C5)c4C)c3C)c(Cl)cc2CN1. The van der Waals surface area contributed by atoms with Gasteiger partial charge in [-0.15, -0.1) is 0 Å². The molecule has 3 aromatic carbocycles. The Morgan fingerprint density at radius 3 is 2.65 bits per heavy atom. The van der Waals surface area contributed by atoms with Crippen LogP contribution in [0, 0.1) is 13.8 Å². The number of likely N-dealkylation sites (tertiary alicyclic amines) is 1. The van der Waals surface area contributed by atoms with Gasteiger partial charge in [0.15, 0.2) is 0 Å². The van der Waals surface area contributed by atoms with Gasteiger partial charge in [-0.05, 0) is 92.0 Å². The third-order valence-electron chi connectivity index (χ3n) is 10.2. The molecule has 3 heterocycles. The van der Waals surface area contributed by atoms with E-state index in [-0.39, 0.29) is 37.0 Å². The number of aliphatic hydroxyl groups is 2. The molecule has 0 unspecified atom stereocenters. The van der Waals surface area contributed by atoms with Crippen LogP contribution in [-0.2, 0) is 19.8 Å². The fourth-order valence-electron chi connectivity index (χ4n) is 7.04. The predicted octanol–water partition coefficient (Wildman–Crippen LogP) is 7.46. The summed E-state index contributed by atoms with van der Waals surface area (Å²) >= 11 is 6.85. The topological polar surface area (TPSA) is 125 Å². The Kier molecular flexibility index (Phi) is 13.5. The van der Waals surface area contributed by atoms with Crippen LogP contribution in [0.1, 0.15) is 70.3 Å². The lowest BCUT2D eigenvalue weighted by atomic mass is 9.93. The van der Waals surface area contributed by atoms with Crippen LogP contribution < -0.4 is 24.8 Å². The van der Waals surface area contributed by atoms with Crippen molar-refractivity contribution in [1.29, 1.82) is 0 Å². The van der Waals surface area contributed by atoms with E-state index in [1.165, 1.54) is 0 Å². The molecule has 0 saturated carbocycles. The number of nitrogens with one attached hydrogen (secondary N) is 2. The van der Waals surface area contributed by atoms with E-state index in [0.717, 1.165) is 90.0 Å². The van der Waals surface area contributed by atoms with E-state index < -0.39 is 0 Å². The molecule has 0 radical (unpaired) electrons. The highest BCUT2D eigenvalue weighted by Gasteiger charge is 2.20. The molecule has 4 aromatic rings. The molecule has 10 nitrogen and oxygen atoms in total. The number of halogens is 1. The zero-order chi connectivity index (χ0) is 38.0. The highest BCUT2D eigenvalue weighted by molar-refractivity contribution is 6.32. The molecular weight excluding hydrogens is 704 g/mol. The number of hydrogen-bond donors (Lipinski definition) is 4. The summed E-state index contributed by atoms with van der Waals surface area (Å²) in [6, 6.07) is 17.5. The van der Waals surface area contributed by atoms with Crippen LogP contribution in [0.5, 0.6) is 17.2 Å². The van der Waals surface area contributed by atoms with Crippen LogP contribution in [-0.4, -0.2) is 70.9 Å². The van der Waals surface area contributed by atoms with Crippen molar-refractivity contribution in [3.63, 3.8) is 0 Å². The minimum atomic E-state index is -0.338. The van der Waals surface area contributed by atoms with Gasteiger partial charge in [-0.25, -0.2) is 0 Å². The fraction of sp³-hybridized carbons (Fsp3) is 0.395. The van der Waals surface area contributed by atoms with Gasteiger partial charge in [-0.3, -0.25) is 9.78 Å². The van der Waals surface area contributed by atoms with Crippen molar-refractivity contribution < 1.29 is 29.2 Å². The second-order valence-electron chi connectivity index (χ2n) is 14.2. The van der Waals surface area contributed by atoms with Crippen molar-refractivity contribution in [2.24, 2.45) is 0 Å². The molecule has 4 N–H and O–H groups in total. The second kappa shape index (κ2) is 18.6. The van der Waals surface area contributed by atoms with Crippen LogP contribution >= 0.6 is 11.6 Å². The van der Waals surface area contributed by atoms with Gasteiger partial charge in [0.05, 0.1) is 29.3 Å². The van der Waals surface area contributed by atoms with Gasteiger partial charge in [0.2, 0.25) is 0 Å². The third-order valence-corrected chi connectivity index (χ3v) is 10.5. The molecule has 286 valence electrons. The standard InChI is InChI=1S/C43H51ClN4O6/c1-28-32(9-6-10-36(28)37-11-7-13-40(29(37)2)52-18-8-16-48-17-14-35(50)25-48)27-54-42-21-41-33(20-38(42)44)24-47-39(30(3)49)12-4-5-15-46-43(51)34-19-31(26-53-41)22-45-23-34/h6-7,9-11,13,19-23,35,39,47,49-50H,3-5,8,12,14-18,24-27H2,1-2H3,(H,46,51)/t35-,39+/m1/s1. The highest BCUT2D eigenvalue weighted by Crippen LogP contribution is 2.36. The first kappa shape index (κ1) is 39.1. The van der Waals surface area contributed by atoms with Crippen LogP contribution in [0.3, 0.4) is 0 Å². The van der Waals surface area contributed by atoms with E-state index in [2.05, 4.69) is 59.1 Å². The average molecular weight is 755 g/mol. The predicted molar refractivity (Wildman–Crippen MR) is 211 cm³/mol. The van der Waals surface area contributed by atoms with E-state index in [1.807, 2.05) is 24.3 Å². The summed E-state index contributed by atoms with van der Waals surface area (Å²) in [5.41, 5.74) is 7.40. The molecule has 11 heteroatoms. The van der Waals surface area contributed by atoms with Crippen molar-refractivity contribution in [2.75, 3.05) is 32.8 Å². The minimum absolute atomic E-state index is 0.0527. The van der Waals surface area contributed by atoms with Crippen molar-refractivity contribution >= 4 is 17.5 Å². The Labute approximate surface area is 323 Å². The number of benzene rings is 3.